The molecule has 0 aromatic rings. The normalized spacial score (nSPS) is 32.1. The van der Waals surface area contributed by atoms with Crippen molar-refractivity contribution in [3.05, 3.63) is 25.3 Å². The van der Waals surface area contributed by atoms with Gasteiger partial charge in [-0.3, -0.25) is 14.4 Å². The molecule has 3 aliphatic heterocycles. The van der Waals surface area contributed by atoms with Crippen molar-refractivity contribution in [3.8, 4) is 0 Å². The number of nitrogens with zero attached hydrogens (tertiary/aromatic N) is 2. The number of thioether (sulfide) groups is 1. The quantitative estimate of drug-likeness (QED) is 0.229. The first-order valence-corrected chi connectivity index (χ1v) is 14.5. The fraction of sp³-hybridized carbons (Fsp3) is 0.759. The molecular formula is C29H46N2O5S. The van der Waals surface area contributed by atoms with Gasteiger partial charge >= 0.3 is 5.97 Å². The van der Waals surface area contributed by atoms with Crippen molar-refractivity contribution in [2.45, 2.75) is 101 Å². The van der Waals surface area contributed by atoms with Crippen LogP contribution in [0.15, 0.2) is 25.3 Å². The Hall–Kier alpha value is -1.80. The molecule has 2 bridgehead atoms. The highest BCUT2D eigenvalue weighted by atomic mass is 32.2. The van der Waals surface area contributed by atoms with Gasteiger partial charge in [-0.25, -0.2) is 0 Å². The molecule has 0 saturated carbocycles. The lowest BCUT2D eigenvalue weighted by atomic mass is 9.66. The zero-order valence-electron chi connectivity index (χ0n) is 23.5. The molecule has 3 fully saturated rings. The van der Waals surface area contributed by atoms with Crippen molar-refractivity contribution in [1.29, 1.82) is 0 Å². The zero-order chi connectivity index (χ0) is 27.8. The Balaban J connectivity index is 2.11. The lowest BCUT2D eigenvalue weighted by Crippen LogP contribution is -2.61. The summed E-state index contributed by atoms with van der Waals surface area (Å²) in [4.78, 5) is 45.8. The van der Waals surface area contributed by atoms with E-state index in [9.17, 15) is 19.5 Å². The van der Waals surface area contributed by atoms with Crippen molar-refractivity contribution in [3.63, 3.8) is 0 Å². The highest BCUT2D eigenvalue weighted by Crippen LogP contribution is 2.72. The Morgan fingerprint density at radius 3 is 2.51 bits per heavy atom. The lowest BCUT2D eigenvalue weighted by Gasteiger charge is -2.44. The molecule has 2 unspecified atom stereocenters. The summed E-state index contributed by atoms with van der Waals surface area (Å²) in [6.45, 7) is 20.0. The largest absolute Gasteiger partial charge is 0.465 e. The standard InChI is InChI=1S/C29H46N2O5S/c1-9-12-13-17-36-26(35)22-21-24(33)31(20(18-32)19(4)11-3)23(29(21)15-14-28(22,8)37-29)25(34)30(16-10-2)27(5,6)7/h9-10,19-23,32H,1-2,11-18H2,3-8H3/t19-,20-,21-,22-,23?,28+,29?/m0/s1. The van der Waals surface area contributed by atoms with Gasteiger partial charge in [-0.1, -0.05) is 32.4 Å². The minimum Gasteiger partial charge on any atom is -0.465 e. The van der Waals surface area contributed by atoms with Gasteiger partial charge in [0, 0.05) is 16.8 Å². The summed E-state index contributed by atoms with van der Waals surface area (Å²) in [5.74, 6) is -1.97. The maximum Gasteiger partial charge on any atom is 0.311 e. The Kier molecular flexibility index (Phi) is 8.95. The van der Waals surface area contributed by atoms with Crippen LogP contribution in [-0.4, -0.2) is 79.6 Å². The van der Waals surface area contributed by atoms with Gasteiger partial charge in [0.2, 0.25) is 11.8 Å². The first-order chi connectivity index (χ1) is 17.3. The Labute approximate surface area is 227 Å². The van der Waals surface area contributed by atoms with Gasteiger partial charge in [0.15, 0.2) is 0 Å². The van der Waals surface area contributed by atoms with Gasteiger partial charge in [0.25, 0.3) is 0 Å². The maximum absolute atomic E-state index is 14.5. The number of carbonyl (C=O) groups is 3. The third-order valence-electron chi connectivity index (χ3n) is 8.73. The molecule has 0 radical (unpaired) electrons. The van der Waals surface area contributed by atoms with Crippen LogP contribution in [0.3, 0.4) is 0 Å². The summed E-state index contributed by atoms with van der Waals surface area (Å²) in [5, 5.41) is 10.5. The van der Waals surface area contributed by atoms with Crippen molar-refractivity contribution >= 4 is 29.5 Å². The molecule has 1 N–H and O–H groups in total. The minimum absolute atomic E-state index is 0.0101. The van der Waals surface area contributed by atoms with Crippen LogP contribution in [0.4, 0.5) is 0 Å². The second-order valence-electron chi connectivity index (χ2n) is 12.1. The zero-order valence-corrected chi connectivity index (χ0v) is 24.3. The predicted octanol–water partition coefficient (Wildman–Crippen LogP) is 4.20. The number of amides is 2. The molecule has 3 saturated heterocycles. The molecule has 208 valence electrons. The monoisotopic (exact) mass is 534 g/mol. The number of ether oxygens (including phenoxy) is 1. The van der Waals surface area contributed by atoms with Crippen LogP contribution in [0.25, 0.3) is 0 Å². The SMILES string of the molecule is C=CCCCOC(=O)[C@@H]1[C@H]2C(=O)N([C@@H](CO)[C@@H](C)CC)C(C(=O)N(CC=C)C(C)(C)C)C23CC[C@@]1(C)S3. The molecule has 3 heterocycles. The Morgan fingerprint density at radius 1 is 1.30 bits per heavy atom. The average Bonchev–Trinajstić information content (AvgIpc) is 3.40. The molecule has 0 aliphatic carbocycles. The smallest absolute Gasteiger partial charge is 0.311 e. The van der Waals surface area contributed by atoms with Crippen LogP contribution in [0.2, 0.25) is 0 Å². The first kappa shape index (κ1) is 29.8. The molecule has 7 atom stereocenters. The molecule has 7 nitrogen and oxygen atoms in total. The number of aliphatic hydroxyl groups excluding tert-OH is 1. The van der Waals surface area contributed by atoms with Gasteiger partial charge in [0.05, 0.1) is 35.8 Å². The molecule has 3 aliphatic rings. The molecule has 37 heavy (non-hydrogen) atoms. The van der Waals surface area contributed by atoms with Crippen LogP contribution in [0, 0.1) is 17.8 Å². The van der Waals surface area contributed by atoms with Gasteiger partial charge in [-0.05, 0) is 59.3 Å². The summed E-state index contributed by atoms with van der Waals surface area (Å²) in [6.07, 6.45) is 7.09. The second-order valence-corrected chi connectivity index (χ2v) is 14.0. The summed E-state index contributed by atoms with van der Waals surface area (Å²) in [6, 6.07) is -1.27. The number of allylic oxidation sites excluding steroid dienone is 1. The molecule has 0 aromatic heterocycles. The van der Waals surface area contributed by atoms with E-state index in [2.05, 4.69) is 13.2 Å². The molecule has 0 aromatic carbocycles. The van der Waals surface area contributed by atoms with Crippen molar-refractivity contribution < 1.29 is 24.2 Å². The number of fused-ring (bicyclic) bond motifs is 1. The lowest BCUT2D eigenvalue weighted by molar-refractivity contribution is -0.156. The van der Waals surface area contributed by atoms with Crippen LogP contribution in [0.5, 0.6) is 0 Å². The van der Waals surface area contributed by atoms with Gasteiger partial charge in [0.1, 0.15) is 6.04 Å². The molecule has 3 rings (SSSR count). The summed E-state index contributed by atoms with van der Waals surface area (Å²) in [7, 11) is 0. The van der Waals surface area contributed by atoms with E-state index in [0.717, 1.165) is 19.3 Å². The van der Waals surface area contributed by atoms with E-state index in [1.807, 2.05) is 41.5 Å². The van der Waals surface area contributed by atoms with Crippen LogP contribution < -0.4 is 0 Å². The highest BCUT2D eigenvalue weighted by molar-refractivity contribution is 8.02. The Bertz CT molecular complexity index is 916. The average molecular weight is 535 g/mol. The van der Waals surface area contributed by atoms with E-state index in [1.54, 1.807) is 33.7 Å². The minimum atomic E-state index is -0.763. The van der Waals surface area contributed by atoms with E-state index in [0.29, 0.717) is 19.4 Å². The number of hydrogen-bond donors (Lipinski definition) is 1. The van der Waals surface area contributed by atoms with Crippen molar-refractivity contribution in [2.75, 3.05) is 19.8 Å². The molecular weight excluding hydrogens is 488 g/mol. The Morgan fingerprint density at radius 2 is 1.97 bits per heavy atom. The highest BCUT2D eigenvalue weighted by Gasteiger charge is 2.78. The van der Waals surface area contributed by atoms with Gasteiger partial charge in [-0.2, -0.15) is 0 Å². The number of aliphatic hydroxyl groups is 1. The van der Waals surface area contributed by atoms with Gasteiger partial charge < -0.3 is 19.6 Å². The topological polar surface area (TPSA) is 87.1 Å². The fourth-order valence-electron chi connectivity index (χ4n) is 6.63. The number of esters is 1. The van der Waals surface area contributed by atoms with Crippen LogP contribution in [-0.2, 0) is 19.1 Å². The van der Waals surface area contributed by atoms with E-state index >= 15 is 0 Å². The maximum atomic E-state index is 14.5. The predicted molar refractivity (Wildman–Crippen MR) is 148 cm³/mol. The number of likely N-dealkylation sites (tertiary alicyclic amines) is 1. The van der Waals surface area contributed by atoms with Gasteiger partial charge in [-0.15, -0.1) is 24.9 Å². The number of carbonyl (C=O) groups excluding carboxylic acids is 3. The third kappa shape index (κ3) is 5.00. The van der Waals surface area contributed by atoms with E-state index in [4.69, 9.17) is 4.74 Å². The van der Waals surface area contributed by atoms with Crippen LogP contribution in [0.1, 0.15) is 73.6 Å². The van der Waals surface area contributed by atoms with Crippen molar-refractivity contribution in [2.24, 2.45) is 17.8 Å². The van der Waals surface area contributed by atoms with Crippen LogP contribution >= 0.6 is 11.8 Å². The second kappa shape index (κ2) is 11.1. The first-order valence-electron chi connectivity index (χ1n) is 13.7. The molecule has 2 amide bonds. The number of hydrogen-bond acceptors (Lipinski definition) is 6. The van der Waals surface area contributed by atoms with E-state index in [1.165, 1.54) is 0 Å². The van der Waals surface area contributed by atoms with E-state index < -0.39 is 39.0 Å². The summed E-state index contributed by atoms with van der Waals surface area (Å²) in [5.41, 5.74) is -0.492. The molecule has 8 heteroatoms. The summed E-state index contributed by atoms with van der Waals surface area (Å²) >= 11 is 1.63. The number of rotatable bonds is 12. The fourth-order valence-corrected chi connectivity index (χ4v) is 8.96. The third-order valence-corrected chi connectivity index (χ3v) is 10.7. The van der Waals surface area contributed by atoms with E-state index in [-0.39, 0.29) is 36.9 Å². The molecule has 1 spiro atoms. The van der Waals surface area contributed by atoms with Crippen molar-refractivity contribution in [1.82, 2.24) is 9.80 Å². The number of unbranched alkanes of at least 4 members (excludes halogenated alkanes) is 1. The summed E-state index contributed by atoms with van der Waals surface area (Å²) < 4.78 is 4.48.